The molecule has 0 unspecified atom stereocenters. The Morgan fingerprint density at radius 3 is 2.38 bits per heavy atom. The quantitative estimate of drug-likeness (QED) is 0.497. The van der Waals surface area contributed by atoms with Gasteiger partial charge in [-0.3, -0.25) is 10.1 Å². The number of amides is 1. The summed E-state index contributed by atoms with van der Waals surface area (Å²) in [6.45, 7) is 7.11. The Balaban J connectivity index is 1.89. The van der Waals surface area contributed by atoms with Gasteiger partial charge in [0.25, 0.3) is 5.91 Å². The Kier molecular flexibility index (Phi) is 6.94. The van der Waals surface area contributed by atoms with Crippen LogP contribution < -0.4 is 14.8 Å². The van der Waals surface area contributed by atoms with Crippen LogP contribution in [0.5, 0.6) is 5.75 Å². The number of carbonyl (C=O) groups excluding carboxylic acids is 1. The van der Waals surface area contributed by atoms with Crippen molar-refractivity contribution in [2.24, 2.45) is 0 Å². The third kappa shape index (κ3) is 5.66. The smallest absolute Gasteiger partial charge is 0.257 e. The van der Waals surface area contributed by atoms with E-state index in [1.54, 1.807) is 32.9 Å². The van der Waals surface area contributed by atoms with Crippen LogP contribution in [-0.4, -0.2) is 32.0 Å². The zero-order chi connectivity index (χ0) is 23.7. The first-order chi connectivity index (χ1) is 14.9. The Morgan fingerprint density at radius 2 is 1.78 bits per heavy atom. The lowest BCUT2D eigenvalue weighted by molar-refractivity contribution is 0.102. The molecule has 7 nitrogen and oxygen atoms in total. The summed E-state index contributed by atoms with van der Waals surface area (Å²) in [5, 5.41) is 3.79. The van der Waals surface area contributed by atoms with Crippen molar-refractivity contribution < 1.29 is 17.9 Å². The second-order valence-corrected chi connectivity index (χ2v) is 11.4. The minimum Gasteiger partial charge on any atom is -0.495 e. The predicted molar refractivity (Wildman–Crippen MR) is 128 cm³/mol. The van der Waals surface area contributed by atoms with Crippen molar-refractivity contribution >= 4 is 44.0 Å². The third-order valence-corrected chi connectivity index (χ3v) is 7.21. The highest BCUT2D eigenvalue weighted by molar-refractivity contribution is 7.89. The summed E-state index contributed by atoms with van der Waals surface area (Å²) < 4.78 is 33.5. The molecule has 2 aromatic carbocycles. The summed E-state index contributed by atoms with van der Waals surface area (Å²) in [5.74, 6) is -0.329. The Hall–Kier alpha value is -2.46. The Labute approximate surface area is 196 Å². The van der Waals surface area contributed by atoms with E-state index in [9.17, 15) is 13.2 Å². The van der Waals surface area contributed by atoms with Crippen LogP contribution in [0.1, 0.15) is 36.0 Å². The van der Waals surface area contributed by atoms with Gasteiger partial charge in [0.15, 0.2) is 5.13 Å². The third-order valence-electron chi connectivity index (χ3n) is 4.29. The van der Waals surface area contributed by atoms with Crippen LogP contribution in [-0.2, 0) is 10.0 Å². The lowest BCUT2D eigenvalue weighted by Crippen LogP contribution is -2.40. The van der Waals surface area contributed by atoms with Crippen molar-refractivity contribution in [2.75, 3.05) is 12.4 Å². The maximum atomic E-state index is 12.9. The maximum Gasteiger partial charge on any atom is 0.257 e. The SMILES string of the molecule is COc1ccc(C(=O)Nc2nc(-c3ccc(Cl)cc3)c(C)s2)cc1S(=O)(=O)NC(C)(C)C. The number of anilines is 1. The zero-order valence-corrected chi connectivity index (χ0v) is 20.7. The predicted octanol–water partition coefficient (Wildman–Crippen LogP) is 5.11. The van der Waals surface area contributed by atoms with E-state index >= 15 is 0 Å². The van der Waals surface area contributed by atoms with E-state index < -0.39 is 21.5 Å². The number of nitrogens with zero attached hydrogens (tertiary/aromatic N) is 1. The fraction of sp³-hybridized carbons (Fsp3) is 0.273. The zero-order valence-electron chi connectivity index (χ0n) is 18.3. The second-order valence-electron chi connectivity index (χ2n) is 8.11. The van der Waals surface area contributed by atoms with Crippen molar-refractivity contribution in [3.8, 4) is 17.0 Å². The highest BCUT2D eigenvalue weighted by Crippen LogP contribution is 2.32. The topological polar surface area (TPSA) is 97.4 Å². The molecular formula is C22H24ClN3O4S2. The molecule has 0 saturated carbocycles. The largest absolute Gasteiger partial charge is 0.495 e. The number of rotatable bonds is 6. The molecule has 1 amide bonds. The average molecular weight is 494 g/mol. The van der Waals surface area contributed by atoms with Crippen molar-refractivity contribution in [3.05, 3.63) is 57.9 Å². The van der Waals surface area contributed by atoms with Crippen LogP contribution in [0.4, 0.5) is 5.13 Å². The molecule has 1 heterocycles. The fourth-order valence-electron chi connectivity index (χ4n) is 2.98. The van der Waals surface area contributed by atoms with E-state index in [0.717, 1.165) is 16.1 Å². The summed E-state index contributed by atoms with van der Waals surface area (Å²) in [7, 11) is -2.53. The molecule has 3 rings (SSSR count). The van der Waals surface area contributed by atoms with Crippen molar-refractivity contribution in [2.45, 2.75) is 38.1 Å². The van der Waals surface area contributed by atoms with Crippen LogP contribution in [0, 0.1) is 6.92 Å². The highest BCUT2D eigenvalue weighted by Gasteiger charge is 2.26. The van der Waals surface area contributed by atoms with Crippen LogP contribution in [0.25, 0.3) is 11.3 Å². The molecule has 0 fully saturated rings. The van der Waals surface area contributed by atoms with Crippen LogP contribution in [0.3, 0.4) is 0 Å². The summed E-state index contributed by atoms with van der Waals surface area (Å²) in [4.78, 5) is 18.2. The number of hydrogen-bond acceptors (Lipinski definition) is 6. The number of hydrogen-bond donors (Lipinski definition) is 2. The lowest BCUT2D eigenvalue weighted by Gasteiger charge is -2.21. The van der Waals surface area contributed by atoms with Gasteiger partial charge in [-0.05, 0) is 58.0 Å². The van der Waals surface area contributed by atoms with E-state index in [2.05, 4.69) is 15.0 Å². The van der Waals surface area contributed by atoms with Gasteiger partial charge in [-0.15, -0.1) is 11.3 Å². The number of benzene rings is 2. The number of nitrogens with one attached hydrogen (secondary N) is 2. The van der Waals surface area contributed by atoms with Gasteiger partial charge in [0.05, 0.1) is 12.8 Å². The molecule has 0 aliphatic heterocycles. The fourth-order valence-corrected chi connectivity index (χ4v) is 5.55. The van der Waals surface area contributed by atoms with Gasteiger partial charge < -0.3 is 4.74 Å². The first-order valence-electron chi connectivity index (χ1n) is 9.66. The molecule has 3 aromatic rings. The van der Waals surface area contributed by atoms with Gasteiger partial charge in [0, 0.05) is 26.6 Å². The molecule has 0 spiro atoms. The van der Waals surface area contributed by atoms with E-state index in [1.165, 1.54) is 36.6 Å². The molecular weight excluding hydrogens is 470 g/mol. The number of carbonyl (C=O) groups is 1. The molecule has 2 N–H and O–H groups in total. The van der Waals surface area contributed by atoms with Crippen molar-refractivity contribution in [3.63, 3.8) is 0 Å². The normalized spacial score (nSPS) is 11.9. The van der Waals surface area contributed by atoms with E-state index in [-0.39, 0.29) is 16.2 Å². The number of aromatic nitrogens is 1. The second kappa shape index (κ2) is 9.19. The first-order valence-corrected chi connectivity index (χ1v) is 12.3. The van der Waals surface area contributed by atoms with E-state index in [0.29, 0.717) is 10.2 Å². The number of ether oxygens (including phenoxy) is 1. The lowest BCUT2D eigenvalue weighted by atomic mass is 10.1. The summed E-state index contributed by atoms with van der Waals surface area (Å²) in [6, 6.07) is 11.5. The van der Waals surface area contributed by atoms with Crippen molar-refractivity contribution in [1.29, 1.82) is 0 Å². The number of methoxy groups -OCH3 is 1. The van der Waals surface area contributed by atoms with Gasteiger partial charge >= 0.3 is 0 Å². The molecule has 10 heteroatoms. The maximum absolute atomic E-state index is 12.9. The minimum absolute atomic E-state index is 0.111. The van der Waals surface area contributed by atoms with E-state index in [4.69, 9.17) is 16.3 Å². The van der Waals surface area contributed by atoms with Crippen LogP contribution in [0.2, 0.25) is 5.02 Å². The minimum atomic E-state index is -3.91. The monoisotopic (exact) mass is 493 g/mol. The van der Waals surface area contributed by atoms with Gasteiger partial charge in [-0.2, -0.15) is 0 Å². The Bertz CT molecular complexity index is 1250. The molecule has 0 saturated heterocycles. The number of aryl methyl sites for hydroxylation is 1. The summed E-state index contributed by atoms with van der Waals surface area (Å²) in [5.41, 5.74) is 1.10. The summed E-state index contributed by atoms with van der Waals surface area (Å²) >= 11 is 7.28. The van der Waals surface area contributed by atoms with Gasteiger partial charge in [-0.25, -0.2) is 18.1 Å². The summed E-state index contributed by atoms with van der Waals surface area (Å²) in [6.07, 6.45) is 0. The average Bonchev–Trinajstić information content (AvgIpc) is 3.06. The van der Waals surface area contributed by atoms with Gasteiger partial charge in [0.1, 0.15) is 10.6 Å². The molecule has 0 aliphatic carbocycles. The molecule has 0 bridgehead atoms. The number of halogens is 1. The van der Waals surface area contributed by atoms with Crippen LogP contribution >= 0.6 is 22.9 Å². The highest BCUT2D eigenvalue weighted by atomic mass is 35.5. The molecule has 32 heavy (non-hydrogen) atoms. The molecule has 0 radical (unpaired) electrons. The number of thiazole rings is 1. The molecule has 170 valence electrons. The molecule has 0 atom stereocenters. The van der Waals surface area contributed by atoms with Crippen molar-refractivity contribution in [1.82, 2.24) is 9.71 Å². The molecule has 0 aliphatic rings. The standard InChI is InChI=1S/C22H24ClN3O4S2/c1-13-19(14-6-9-16(23)10-7-14)24-21(31-13)25-20(27)15-8-11-17(30-5)18(12-15)32(28,29)26-22(2,3)4/h6-12,26H,1-5H3,(H,24,25,27). The van der Waals surface area contributed by atoms with Gasteiger partial charge in [0.2, 0.25) is 10.0 Å². The van der Waals surface area contributed by atoms with E-state index in [1.807, 2.05) is 19.1 Å². The van der Waals surface area contributed by atoms with Crippen LogP contribution in [0.15, 0.2) is 47.4 Å². The number of sulfonamides is 1. The van der Waals surface area contributed by atoms with Gasteiger partial charge in [-0.1, -0.05) is 23.7 Å². The first kappa shape index (κ1) is 24.2. The Morgan fingerprint density at radius 1 is 1.12 bits per heavy atom. The molecule has 1 aromatic heterocycles.